The standard InChI is InChI=1S/C23H26BrN3O4/c1-23(2,3)31-20(28)13-14-25-21(29)19(15-16-7-5-4-6-8-16)27-22(30)26-18-11-9-17(24)10-12-18/h4-12H,13-15H2,1-3H3,(H,25,29)(H,26,30). The van der Waals surface area contributed by atoms with Gasteiger partial charge in [0.2, 0.25) is 0 Å². The summed E-state index contributed by atoms with van der Waals surface area (Å²) in [4.78, 5) is 40.9. The zero-order valence-corrected chi connectivity index (χ0v) is 19.4. The minimum absolute atomic E-state index is 0.0206. The van der Waals surface area contributed by atoms with E-state index in [9.17, 15) is 14.4 Å². The Kier molecular flexibility index (Phi) is 8.93. The predicted molar refractivity (Wildman–Crippen MR) is 124 cm³/mol. The largest absolute Gasteiger partial charge is 0.460 e. The highest BCUT2D eigenvalue weighted by Gasteiger charge is 2.18. The number of hydrogen-bond acceptors (Lipinski definition) is 4. The van der Waals surface area contributed by atoms with E-state index in [1.165, 1.54) is 0 Å². The van der Waals surface area contributed by atoms with Crippen LogP contribution in [-0.2, 0) is 20.7 Å². The topological polar surface area (TPSA) is 96.9 Å². The molecule has 0 saturated heterocycles. The van der Waals surface area contributed by atoms with Crippen LogP contribution < -0.4 is 10.6 Å². The van der Waals surface area contributed by atoms with Gasteiger partial charge in [-0.25, -0.2) is 4.79 Å². The number of rotatable bonds is 7. The molecule has 0 radical (unpaired) electrons. The number of benzene rings is 2. The van der Waals surface area contributed by atoms with Crippen molar-refractivity contribution in [2.45, 2.75) is 39.2 Å². The van der Waals surface area contributed by atoms with E-state index in [4.69, 9.17) is 4.74 Å². The molecular weight excluding hydrogens is 462 g/mol. The second-order valence-corrected chi connectivity index (χ2v) is 8.67. The van der Waals surface area contributed by atoms with E-state index < -0.39 is 23.5 Å². The van der Waals surface area contributed by atoms with Crippen LogP contribution in [0.5, 0.6) is 0 Å². The van der Waals surface area contributed by atoms with E-state index in [1.54, 1.807) is 45.0 Å². The number of carbonyl (C=O) groups excluding carboxylic acids is 3. The van der Waals surface area contributed by atoms with Gasteiger partial charge in [0, 0.05) is 23.1 Å². The SMILES string of the molecule is CC(C)(C)OC(=O)CCNC(=O)C(Cc1ccccc1)=NC(=O)Nc1ccc(Br)cc1. The molecule has 0 spiro atoms. The molecule has 8 heteroatoms. The molecule has 2 aromatic rings. The van der Waals surface area contributed by atoms with Crippen molar-refractivity contribution in [1.82, 2.24) is 5.32 Å². The molecule has 0 aliphatic rings. The van der Waals surface area contributed by atoms with Gasteiger partial charge in [0.25, 0.3) is 5.91 Å². The van der Waals surface area contributed by atoms with Crippen LogP contribution in [0.2, 0.25) is 0 Å². The summed E-state index contributed by atoms with van der Waals surface area (Å²) >= 11 is 3.33. The molecule has 0 heterocycles. The summed E-state index contributed by atoms with van der Waals surface area (Å²) in [6.07, 6.45) is 0.194. The number of aliphatic imine (C=N–C) groups is 1. The predicted octanol–water partition coefficient (Wildman–Crippen LogP) is 4.51. The van der Waals surface area contributed by atoms with Crippen LogP contribution in [0.25, 0.3) is 0 Å². The number of anilines is 1. The number of hydrogen-bond donors (Lipinski definition) is 2. The Bertz CT molecular complexity index is 936. The Morgan fingerprint density at radius 1 is 1.00 bits per heavy atom. The molecular formula is C23H26BrN3O4. The van der Waals surface area contributed by atoms with Gasteiger partial charge in [0.1, 0.15) is 11.3 Å². The van der Waals surface area contributed by atoms with Crippen molar-refractivity contribution in [3.8, 4) is 0 Å². The maximum atomic E-state index is 12.7. The minimum Gasteiger partial charge on any atom is -0.460 e. The van der Waals surface area contributed by atoms with Crippen molar-refractivity contribution in [2.24, 2.45) is 4.99 Å². The van der Waals surface area contributed by atoms with Crippen molar-refractivity contribution >= 4 is 45.2 Å². The van der Waals surface area contributed by atoms with Crippen LogP contribution in [0, 0.1) is 0 Å². The van der Waals surface area contributed by atoms with Crippen LogP contribution in [0.1, 0.15) is 32.8 Å². The zero-order valence-electron chi connectivity index (χ0n) is 17.8. The quantitative estimate of drug-likeness (QED) is 0.443. The molecule has 0 aliphatic heterocycles. The lowest BCUT2D eigenvalue weighted by Gasteiger charge is -2.19. The molecule has 0 fully saturated rings. The van der Waals surface area contributed by atoms with E-state index in [2.05, 4.69) is 31.6 Å². The fourth-order valence-corrected chi connectivity index (χ4v) is 2.80. The second-order valence-electron chi connectivity index (χ2n) is 7.75. The summed E-state index contributed by atoms with van der Waals surface area (Å²) in [6, 6.07) is 15.6. The van der Waals surface area contributed by atoms with Crippen LogP contribution in [0.15, 0.2) is 64.1 Å². The van der Waals surface area contributed by atoms with Crippen molar-refractivity contribution in [3.63, 3.8) is 0 Å². The van der Waals surface area contributed by atoms with Gasteiger partial charge < -0.3 is 15.4 Å². The van der Waals surface area contributed by atoms with Crippen molar-refractivity contribution < 1.29 is 19.1 Å². The Balaban J connectivity index is 2.05. The molecule has 7 nitrogen and oxygen atoms in total. The van der Waals surface area contributed by atoms with Crippen LogP contribution in [-0.4, -0.2) is 35.8 Å². The first kappa shape index (κ1) is 24.3. The first-order valence-electron chi connectivity index (χ1n) is 9.80. The molecule has 164 valence electrons. The van der Waals surface area contributed by atoms with Gasteiger partial charge in [-0.3, -0.25) is 9.59 Å². The molecule has 2 rings (SSSR count). The molecule has 2 N–H and O–H groups in total. The van der Waals surface area contributed by atoms with Gasteiger partial charge in [-0.1, -0.05) is 46.3 Å². The lowest BCUT2D eigenvalue weighted by molar-refractivity contribution is -0.154. The Labute approximate surface area is 190 Å². The highest BCUT2D eigenvalue weighted by atomic mass is 79.9. The summed E-state index contributed by atoms with van der Waals surface area (Å²) in [5, 5.41) is 5.28. The highest BCUT2D eigenvalue weighted by molar-refractivity contribution is 9.10. The average Bonchev–Trinajstić information content (AvgIpc) is 2.68. The Hall–Kier alpha value is -3.00. The first-order chi connectivity index (χ1) is 14.6. The molecule has 0 unspecified atom stereocenters. The number of esters is 1. The molecule has 0 aliphatic carbocycles. The minimum atomic E-state index is -0.657. The maximum absolute atomic E-state index is 12.7. The molecule has 0 atom stereocenters. The van der Waals surface area contributed by atoms with E-state index >= 15 is 0 Å². The van der Waals surface area contributed by atoms with Crippen molar-refractivity contribution in [1.29, 1.82) is 0 Å². The van der Waals surface area contributed by atoms with Gasteiger partial charge in [-0.05, 0) is 50.6 Å². The van der Waals surface area contributed by atoms with Gasteiger partial charge in [-0.2, -0.15) is 4.99 Å². The maximum Gasteiger partial charge on any atom is 0.345 e. The lowest BCUT2D eigenvalue weighted by Crippen LogP contribution is -2.35. The molecule has 2 aromatic carbocycles. The third-order valence-electron chi connectivity index (χ3n) is 3.84. The number of amides is 3. The van der Waals surface area contributed by atoms with Gasteiger partial charge in [-0.15, -0.1) is 0 Å². The smallest absolute Gasteiger partial charge is 0.345 e. The van der Waals surface area contributed by atoms with E-state index in [0.29, 0.717) is 5.69 Å². The second kappa shape index (κ2) is 11.4. The monoisotopic (exact) mass is 487 g/mol. The Morgan fingerprint density at radius 3 is 2.26 bits per heavy atom. The van der Waals surface area contributed by atoms with E-state index in [1.807, 2.05) is 30.3 Å². The normalized spacial score (nSPS) is 11.5. The third kappa shape index (κ3) is 9.57. The number of ether oxygens (including phenoxy) is 1. The Morgan fingerprint density at radius 2 is 1.65 bits per heavy atom. The summed E-state index contributed by atoms with van der Waals surface area (Å²) in [5.41, 5.74) is 0.845. The number of urea groups is 1. The van der Waals surface area contributed by atoms with Crippen molar-refractivity contribution in [2.75, 3.05) is 11.9 Å². The first-order valence-corrected chi connectivity index (χ1v) is 10.6. The lowest BCUT2D eigenvalue weighted by atomic mass is 10.1. The average molecular weight is 488 g/mol. The fraction of sp³-hybridized carbons (Fsp3) is 0.304. The van der Waals surface area contributed by atoms with Crippen LogP contribution in [0.4, 0.5) is 10.5 Å². The number of carbonyl (C=O) groups is 3. The van der Waals surface area contributed by atoms with E-state index in [0.717, 1.165) is 10.0 Å². The number of nitrogens with zero attached hydrogens (tertiary/aromatic N) is 1. The van der Waals surface area contributed by atoms with Gasteiger partial charge >= 0.3 is 12.0 Å². The number of nitrogens with one attached hydrogen (secondary N) is 2. The van der Waals surface area contributed by atoms with Crippen LogP contribution in [0.3, 0.4) is 0 Å². The number of halogens is 1. The van der Waals surface area contributed by atoms with Gasteiger partial charge in [0.05, 0.1) is 6.42 Å². The summed E-state index contributed by atoms with van der Waals surface area (Å²) in [7, 11) is 0. The van der Waals surface area contributed by atoms with Crippen LogP contribution >= 0.6 is 15.9 Å². The third-order valence-corrected chi connectivity index (χ3v) is 4.37. The highest BCUT2D eigenvalue weighted by Crippen LogP contribution is 2.14. The molecule has 0 aromatic heterocycles. The summed E-state index contributed by atoms with van der Waals surface area (Å²) < 4.78 is 6.10. The van der Waals surface area contributed by atoms with Crippen molar-refractivity contribution in [3.05, 3.63) is 64.6 Å². The molecule has 3 amide bonds. The summed E-state index contributed by atoms with van der Waals surface area (Å²) in [6.45, 7) is 5.41. The van der Waals surface area contributed by atoms with Gasteiger partial charge in [0.15, 0.2) is 0 Å². The summed E-state index contributed by atoms with van der Waals surface area (Å²) in [5.74, 6) is -0.930. The molecule has 31 heavy (non-hydrogen) atoms. The van der Waals surface area contributed by atoms with E-state index in [-0.39, 0.29) is 25.1 Å². The molecule has 0 saturated carbocycles. The fourth-order valence-electron chi connectivity index (χ4n) is 2.54. The molecule has 0 bridgehead atoms. The zero-order chi connectivity index (χ0) is 22.9.